The van der Waals surface area contributed by atoms with E-state index < -0.39 is 18.0 Å². The van der Waals surface area contributed by atoms with Gasteiger partial charge in [0.1, 0.15) is 5.75 Å². The number of hydrogen-bond donors (Lipinski definition) is 1. The normalized spacial score (nSPS) is 11.7. The van der Waals surface area contributed by atoms with Crippen LogP contribution in [0.3, 0.4) is 0 Å². The Hall–Kier alpha value is -2.04. The van der Waals surface area contributed by atoms with E-state index in [1.807, 2.05) is 31.2 Å². The summed E-state index contributed by atoms with van der Waals surface area (Å²) < 4.78 is 10.1. The zero-order chi connectivity index (χ0) is 13.5. The first-order valence-electron chi connectivity index (χ1n) is 5.67. The van der Waals surface area contributed by atoms with Gasteiger partial charge in [-0.1, -0.05) is 17.7 Å². The third-order valence-corrected chi connectivity index (χ3v) is 2.30. The van der Waals surface area contributed by atoms with Crippen LogP contribution in [-0.2, 0) is 14.3 Å². The molecular weight excluding hydrogens is 234 g/mol. The molecule has 0 fully saturated rings. The van der Waals surface area contributed by atoms with E-state index in [9.17, 15) is 9.59 Å². The zero-order valence-corrected chi connectivity index (χ0v) is 10.5. The lowest BCUT2D eigenvalue weighted by molar-refractivity contribution is -0.154. The van der Waals surface area contributed by atoms with Crippen LogP contribution >= 0.6 is 0 Å². The number of rotatable bonds is 6. The van der Waals surface area contributed by atoms with Crippen LogP contribution in [0, 0.1) is 6.92 Å². The second-order valence-corrected chi connectivity index (χ2v) is 3.95. The minimum Gasteiger partial charge on any atom is -0.493 e. The lowest BCUT2D eigenvalue weighted by atomic mass is 10.2. The van der Waals surface area contributed by atoms with Gasteiger partial charge in [0, 0.05) is 0 Å². The lowest BCUT2D eigenvalue weighted by Gasteiger charge is -2.10. The molecule has 0 saturated carbocycles. The van der Waals surface area contributed by atoms with E-state index >= 15 is 0 Å². The molecule has 0 radical (unpaired) electrons. The molecule has 0 bridgehead atoms. The highest BCUT2D eigenvalue weighted by atomic mass is 16.5. The fourth-order valence-electron chi connectivity index (χ4n) is 1.20. The van der Waals surface area contributed by atoms with Crippen molar-refractivity contribution in [3.05, 3.63) is 29.8 Å². The van der Waals surface area contributed by atoms with Gasteiger partial charge >= 0.3 is 5.97 Å². The molecule has 1 atom stereocenters. The van der Waals surface area contributed by atoms with E-state index in [1.54, 1.807) is 0 Å². The summed E-state index contributed by atoms with van der Waals surface area (Å²) in [6, 6.07) is 7.49. The van der Waals surface area contributed by atoms with Crippen LogP contribution in [0.1, 0.15) is 18.9 Å². The van der Waals surface area contributed by atoms with Crippen LogP contribution in [0.25, 0.3) is 0 Å². The Kier molecular flexibility index (Phi) is 5.17. The van der Waals surface area contributed by atoms with Crippen LogP contribution < -0.4 is 10.5 Å². The van der Waals surface area contributed by atoms with Crippen molar-refractivity contribution in [2.24, 2.45) is 5.73 Å². The summed E-state index contributed by atoms with van der Waals surface area (Å²) in [6.07, 6.45) is -0.831. The molecule has 5 heteroatoms. The topological polar surface area (TPSA) is 78.6 Å². The summed E-state index contributed by atoms with van der Waals surface area (Å²) >= 11 is 0. The molecule has 0 aliphatic rings. The number of carbonyl (C=O) groups excluding carboxylic acids is 2. The van der Waals surface area contributed by atoms with Crippen molar-refractivity contribution in [3.8, 4) is 5.75 Å². The smallest absolute Gasteiger partial charge is 0.310 e. The summed E-state index contributed by atoms with van der Waals surface area (Å²) in [6.45, 7) is 3.61. The number of nitrogens with two attached hydrogens (primary N) is 1. The summed E-state index contributed by atoms with van der Waals surface area (Å²) in [4.78, 5) is 22.0. The number of primary amides is 1. The number of hydrogen-bond acceptors (Lipinski definition) is 4. The van der Waals surface area contributed by atoms with Crippen molar-refractivity contribution in [1.29, 1.82) is 0 Å². The molecule has 0 spiro atoms. The molecule has 1 aromatic rings. The van der Waals surface area contributed by atoms with Gasteiger partial charge in [0.2, 0.25) is 0 Å². The predicted octanol–water partition coefficient (Wildman–Crippen LogP) is 1.18. The molecule has 1 unspecified atom stereocenters. The molecule has 18 heavy (non-hydrogen) atoms. The third kappa shape index (κ3) is 4.86. The van der Waals surface area contributed by atoms with Crippen molar-refractivity contribution in [2.75, 3.05) is 6.61 Å². The monoisotopic (exact) mass is 251 g/mol. The Bertz CT molecular complexity index is 414. The highest BCUT2D eigenvalue weighted by Crippen LogP contribution is 2.11. The lowest BCUT2D eigenvalue weighted by Crippen LogP contribution is -2.30. The standard InChI is InChI=1S/C13H17NO4/c1-9-3-5-11(6-4-9)17-8-7-12(15)18-10(2)13(14)16/h3-6,10H,7-8H2,1-2H3,(H2,14,16). The quantitative estimate of drug-likeness (QED) is 0.770. The van der Waals surface area contributed by atoms with Crippen molar-refractivity contribution in [1.82, 2.24) is 0 Å². The minimum absolute atomic E-state index is 0.0749. The summed E-state index contributed by atoms with van der Waals surface area (Å²) in [7, 11) is 0. The molecule has 0 aliphatic heterocycles. The van der Waals surface area contributed by atoms with Crippen LogP contribution in [0.5, 0.6) is 5.75 Å². The first-order valence-corrected chi connectivity index (χ1v) is 5.67. The molecule has 1 amide bonds. The van der Waals surface area contributed by atoms with Gasteiger partial charge in [-0.2, -0.15) is 0 Å². The molecular formula is C13H17NO4. The van der Waals surface area contributed by atoms with E-state index in [1.165, 1.54) is 6.92 Å². The van der Waals surface area contributed by atoms with Gasteiger partial charge in [0.15, 0.2) is 6.10 Å². The van der Waals surface area contributed by atoms with Gasteiger partial charge in [0.05, 0.1) is 13.0 Å². The van der Waals surface area contributed by atoms with E-state index in [0.29, 0.717) is 5.75 Å². The molecule has 0 saturated heterocycles. The fraction of sp³-hybridized carbons (Fsp3) is 0.385. The van der Waals surface area contributed by atoms with Crippen LogP contribution in [0.2, 0.25) is 0 Å². The average Bonchev–Trinajstić information content (AvgIpc) is 2.31. The van der Waals surface area contributed by atoms with Gasteiger partial charge in [-0.05, 0) is 26.0 Å². The number of carbonyl (C=O) groups is 2. The fourth-order valence-corrected chi connectivity index (χ4v) is 1.20. The number of esters is 1. The number of aryl methyl sites for hydroxylation is 1. The number of ether oxygens (including phenoxy) is 2. The third-order valence-electron chi connectivity index (χ3n) is 2.30. The van der Waals surface area contributed by atoms with Crippen molar-refractivity contribution in [2.45, 2.75) is 26.4 Å². The van der Waals surface area contributed by atoms with Gasteiger partial charge in [0.25, 0.3) is 5.91 Å². The number of amides is 1. The van der Waals surface area contributed by atoms with Gasteiger partial charge in [-0.25, -0.2) is 0 Å². The van der Waals surface area contributed by atoms with E-state index in [0.717, 1.165) is 5.56 Å². The van der Waals surface area contributed by atoms with Crippen molar-refractivity contribution < 1.29 is 19.1 Å². The zero-order valence-electron chi connectivity index (χ0n) is 10.5. The Balaban J connectivity index is 2.27. The molecule has 5 nitrogen and oxygen atoms in total. The molecule has 0 aliphatic carbocycles. The molecule has 2 N–H and O–H groups in total. The Labute approximate surface area is 106 Å². The summed E-state index contributed by atoms with van der Waals surface area (Å²) in [5, 5.41) is 0. The SMILES string of the molecule is Cc1ccc(OCCC(=O)OC(C)C(N)=O)cc1. The first kappa shape index (κ1) is 14.0. The average molecular weight is 251 g/mol. The second-order valence-electron chi connectivity index (χ2n) is 3.95. The molecule has 1 aromatic carbocycles. The highest BCUT2D eigenvalue weighted by molar-refractivity contribution is 5.81. The maximum Gasteiger partial charge on any atom is 0.310 e. The minimum atomic E-state index is -0.906. The molecule has 0 aromatic heterocycles. The summed E-state index contributed by atoms with van der Waals surface area (Å²) in [5.41, 5.74) is 6.11. The van der Waals surface area contributed by atoms with Crippen molar-refractivity contribution >= 4 is 11.9 Å². The molecule has 0 heterocycles. The predicted molar refractivity (Wildman–Crippen MR) is 66.0 cm³/mol. The second kappa shape index (κ2) is 6.64. The molecule has 98 valence electrons. The first-order chi connectivity index (χ1) is 8.49. The summed E-state index contributed by atoms with van der Waals surface area (Å²) in [5.74, 6) is -0.479. The van der Waals surface area contributed by atoms with E-state index in [4.69, 9.17) is 15.2 Å². The van der Waals surface area contributed by atoms with Gasteiger partial charge < -0.3 is 15.2 Å². The van der Waals surface area contributed by atoms with Gasteiger partial charge in [-0.15, -0.1) is 0 Å². The molecule has 1 rings (SSSR count). The highest BCUT2D eigenvalue weighted by Gasteiger charge is 2.14. The number of benzene rings is 1. The largest absolute Gasteiger partial charge is 0.493 e. The Morgan fingerprint density at radius 3 is 2.44 bits per heavy atom. The van der Waals surface area contributed by atoms with E-state index in [-0.39, 0.29) is 13.0 Å². The Morgan fingerprint density at radius 1 is 1.28 bits per heavy atom. The Morgan fingerprint density at radius 2 is 1.89 bits per heavy atom. The maximum absolute atomic E-state index is 11.3. The maximum atomic E-state index is 11.3. The van der Waals surface area contributed by atoms with Gasteiger partial charge in [-0.3, -0.25) is 9.59 Å². The van der Waals surface area contributed by atoms with Crippen LogP contribution in [0.15, 0.2) is 24.3 Å². The van der Waals surface area contributed by atoms with Crippen molar-refractivity contribution in [3.63, 3.8) is 0 Å². The van der Waals surface area contributed by atoms with Crippen LogP contribution in [0.4, 0.5) is 0 Å². The van der Waals surface area contributed by atoms with Crippen LogP contribution in [-0.4, -0.2) is 24.6 Å². The van der Waals surface area contributed by atoms with E-state index in [2.05, 4.69) is 0 Å².